The summed E-state index contributed by atoms with van der Waals surface area (Å²) in [6.07, 6.45) is 5.92. The van der Waals surface area contributed by atoms with Gasteiger partial charge in [0.15, 0.2) is 0 Å². The first-order valence-corrected chi connectivity index (χ1v) is 6.92. The summed E-state index contributed by atoms with van der Waals surface area (Å²) in [5.74, 6) is 0.953. The number of nitrogens with zero attached hydrogens (tertiary/aromatic N) is 1. The summed E-state index contributed by atoms with van der Waals surface area (Å²) < 4.78 is 1.42. The molecule has 0 aromatic carbocycles. The molecule has 0 aromatic heterocycles. The Morgan fingerprint density at radius 3 is 2.31 bits per heavy atom. The quantitative estimate of drug-likeness (QED) is 0.494. The third-order valence-electron chi connectivity index (χ3n) is 6.03. The molecule has 1 aliphatic carbocycles. The average molecular weight is 225 g/mol. The molecule has 1 saturated carbocycles. The van der Waals surface area contributed by atoms with Crippen molar-refractivity contribution >= 4 is 0 Å². The van der Waals surface area contributed by atoms with Gasteiger partial charge in [-0.3, -0.25) is 0 Å². The molecule has 2 bridgehead atoms. The lowest BCUT2D eigenvalue weighted by atomic mass is 9.66. The third kappa shape index (κ3) is 1.92. The molecule has 96 valence electrons. The van der Waals surface area contributed by atoms with Crippen LogP contribution in [0.5, 0.6) is 0 Å². The second-order valence-electron chi connectivity index (χ2n) is 6.31. The van der Waals surface area contributed by atoms with E-state index < -0.39 is 0 Å². The zero-order valence-corrected chi connectivity index (χ0v) is 12.1. The zero-order chi connectivity index (χ0) is 11.1. The molecule has 2 heterocycles. The fraction of sp³-hybridized carbons (Fsp3) is 0.933. The highest BCUT2D eigenvalue weighted by Crippen LogP contribution is 2.49. The van der Waals surface area contributed by atoms with Gasteiger partial charge in [0.25, 0.3) is 0 Å². The van der Waals surface area contributed by atoms with Gasteiger partial charge in [0.2, 0.25) is 0 Å². The van der Waals surface area contributed by atoms with E-state index in [0.717, 1.165) is 12.0 Å². The largest absolute Gasteiger partial charge is 0.358 e. The Morgan fingerprint density at radius 2 is 1.81 bits per heavy atom. The van der Waals surface area contributed by atoms with Crippen molar-refractivity contribution in [2.75, 3.05) is 19.6 Å². The lowest BCUT2D eigenvalue weighted by molar-refractivity contribution is -0.947. The molecule has 2 aliphatic heterocycles. The molecular weight excluding hydrogens is 194 g/mol. The fourth-order valence-electron chi connectivity index (χ4n) is 4.14. The number of quaternary nitrogens is 1. The maximum atomic E-state index is 2.54. The van der Waals surface area contributed by atoms with Crippen molar-refractivity contribution in [2.24, 2.45) is 11.3 Å². The molecule has 3 rings (SSSR count). The summed E-state index contributed by atoms with van der Waals surface area (Å²) >= 11 is 0. The minimum atomic E-state index is 0. The second-order valence-corrected chi connectivity index (χ2v) is 6.31. The van der Waals surface area contributed by atoms with E-state index in [2.05, 4.69) is 27.7 Å². The Bertz CT molecular complexity index is 232. The van der Waals surface area contributed by atoms with Crippen molar-refractivity contribution in [2.45, 2.75) is 59.4 Å². The van der Waals surface area contributed by atoms with E-state index in [-0.39, 0.29) is 7.43 Å². The summed E-state index contributed by atoms with van der Waals surface area (Å²) in [5, 5.41) is 0. The lowest BCUT2D eigenvalue weighted by Crippen LogP contribution is -2.55. The predicted molar refractivity (Wildman–Crippen MR) is 72.2 cm³/mol. The first-order valence-electron chi connectivity index (χ1n) is 6.92. The molecule has 0 amide bonds. The first kappa shape index (κ1) is 14.0. The topological polar surface area (TPSA) is 0 Å². The van der Waals surface area contributed by atoms with Gasteiger partial charge in [-0.2, -0.15) is 0 Å². The van der Waals surface area contributed by atoms with Crippen molar-refractivity contribution in [1.82, 2.24) is 0 Å². The molecular formula is C15H31N. The highest BCUT2D eigenvalue weighted by molar-refractivity contribution is 4.90. The van der Waals surface area contributed by atoms with Crippen LogP contribution in [0.2, 0.25) is 0 Å². The Kier molecular flexibility index (Phi) is 4.10. The number of fused-ring (bicyclic) bond motifs is 4. The van der Waals surface area contributed by atoms with Crippen molar-refractivity contribution in [3.8, 4) is 0 Å². The van der Waals surface area contributed by atoms with Crippen molar-refractivity contribution in [3.63, 3.8) is 0 Å². The van der Waals surface area contributed by atoms with Crippen LogP contribution in [0, 0.1) is 18.8 Å². The van der Waals surface area contributed by atoms with E-state index >= 15 is 0 Å². The Balaban J connectivity index is 0.00000128. The SMILES string of the molecule is CC[N+]1(CC)CCC2(C)CCC1CC2C.[CH3-]. The van der Waals surface area contributed by atoms with Gasteiger partial charge < -0.3 is 11.9 Å². The van der Waals surface area contributed by atoms with Crippen LogP contribution in [0.3, 0.4) is 0 Å². The Morgan fingerprint density at radius 1 is 1.19 bits per heavy atom. The monoisotopic (exact) mass is 225 g/mol. The van der Waals surface area contributed by atoms with Gasteiger partial charge in [0, 0.05) is 12.8 Å². The van der Waals surface area contributed by atoms with Gasteiger partial charge in [0.05, 0.1) is 25.7 Å². The smallest absolute Gasteiger partial charge is 0.0893 e. The van der Waals surface area contributed by atoms with E-state index in [9.17, 15) is 0 Å². The van der Waals surface area contributed by atoms with Crippen LogP contribution in [0.1, 0.15) is 53.4 Å². The van der Waals surface area contributed by atoms with Crippen molar-refractivity contribution in [1.29, 1.82) is 0 Å². The maximum absolute atomic E-state index is 2.54. The second kappa shape index (κ2) is 4.68. The van der Waals surface area contributed by atoms with E-state index in [1.165, 1.54) is 49.8 Å². The molecule has 0 spiro atoms. The summed E-state index contributed by atoms with van der Waals surface area (Å²) in [5.41, 5.74) is 0.668. The molecule has 0 aromatic rings. The number of hydrogen-bond donors (Lipinski definition) is 0. The minimum Gasteiger partial charge on any atom is -0.358 e. The molecule has 0 N–H and O–H groups in total. The maximum Gasteiger partial charge on any atom is 0.0893 e. The number of hydrogen-bond acceptors (Lipinski definition) is 0. The predicted octanol–water partition coefficient (Wildman–Crippen LogP) is 3.89. The van der Waals surface area contributed by atoms with Crippen LogP contribution in [-0.2, 0) is 0 Å². The van der Waals surface area contributed by atoms with E-state index in [0.29, 0.717) is 5.41 Å². The molecule has 1 nitrogen and oxygen atoms in total. The average Bonchev–Trinajstić information content (AvgIpc) is 2.44. The van der Waals surface area contributed by atoms with Crippen LogP contribution in [0.15, 0.2) is 0 Å². The summed E-state index contributed by atoms with van der Waals surface area (Å²) in [6, 6.07) is 0.977. The number of rotatable bonds is 2. The Hall–Kier alpha value is -0.0400. The molecule has 3 atom stereocenters. The molecule has 3 aliphatic rings. The zero-order valence-electron chi connectivity index (χ0n) is 12.1. The van der Waals surface area contributed by atoms with Gasteiger partial charge in [-0.1, -0.05) is 13.8 Å². The third-order valence-corrected chi connectivity index (χ3v) is 6.03. The van der Waals surface area contributed by atoms with Crippen LogP contribution >= 0.6 is 0 Å². The van der Waals surface area contributed by atoms with Gasteiger partial charge in [-0.05, 0) is 38.0 Å². The lowest BCUT2D eigenvalue weighted by Gasteiger charge is -2.44. The van der Waals surface area contributed by atoms with Crippen LogP contribution in [0.4, 0.5) is 0 Å². The molecule has 3 fully saturated rings. The summed E-state index contributed by atoms with van der Waals surface area (Å²) in [4.78, 5) is 0. The fourth-order valence-corrected chi connectivity index (χ4v) is 4.14. The Labute approximate surface area is 103 Å². The van der Waals surface area contributed by atoms with Crippen LogP contribution < -0.4 is 0 Å². The van der Waals surface area contributed by atoms with Gasteiger partial charge in [-0.25, -0.2) is 0 Å². The van der Waals surface area contributed by atoms with E-state index in [4.69, 9.17) is 0 Å². The van der Waals surface area contributed by atoms with Gasteiger partial charge in [0.1, 0.15) is 0 Å². The summed E-state index contributed by atoms with van der Waals surface area (Å²) in [7, 11) is 0. The van der Waals surface area contributed by atoms with E-state index in [1.807, 2.05) is 0 Å². The van der Waals surface area contributed by atoms with Gasteiger partial charge in [-0.15, -0.1) is 0 Å². The van der Waals surface area contributed by atoms with Gasteiger partial charge >= 0.3 is 0 Å². The van der Waals surface area contributed by atoms with E-state index in [1.54, 1.807) is 0 Å². The summed E-state index contributed by atoms with van der Waals surface area (Å²) in [6.45, 7) is 14.0. The van der Waals surface area contributed by atoms with Crippen molar-refractivity contribution in [3.05, 3.63) is 7.43 Å². The standard InChI is InChI=1S/C14H28N.CH3/c1-5-15(6-2)10-9-14(4)8-7-13(15)11-12(14)3;/h12-13H,5-11H2,1-4H3;1H3/q+1;-1. The van der Waals surface area contributed by atoms with Crippen LogP contribution in [-0.4, -0.2) is 30.2 Å². The molecule has 16 heavy (non-hydrogen) atoms. The van der Waals surface area contributed by atoms with Crippen molar-refractivity contribution < 1.29 is 4.48 Å². The molecule has 1 heteroatoms. The normalized spacial score (nSPS) is 41.2. The molecule has 2 saturated heterocycles. The molecule has 0 radical (unpaired) electrons. The first-order chi connectivity index (χ1) is 7.06. The highest BCUT2D eigenvalue weighted by Gasteiger charge is 2.49. The molecule has 3 unspecified atom stereocenters. The van der Waals surface area contributed by atoms with Crippen LogP contribution in [0.25, 0.3) is 0 Å². The minimum absolute atomic E-state index is 0. The highest BCUT2D eigenvalue weighted by atomic mass is 15.4.